The summed E-state index contributed by atoms with van der Waals surface area (Å²) < 4.78 is 0. The molecule has 1 aromatic carbocycles. The molecule has 2 rings (SSSR count). The van der Waals surface area contributed by atoms with Gasteiger partial charge in [-0.15, -0.1) is 0 Å². The summed E-state index contributed by atoms with van der Waals surface area (Å²) in [5, 5.41) is 9.09. The maximum absolute atomic E-state index is 12.3. The Morgan fingerprint density at radius 1 is 1.36 bits per heavy atom. The van der Waals surface area contributed by atoms with Gasteiger partial charge < -0.3 is 16.0 Å². The monoisotopic (exact) mass is 303 g/mol. The summed E-state index contributed by atoms with van der Waals surface area (Å²) in [6.07, 6.45) is 2.00. The molecule has 0 radical (unpaired) electrons. The van der Waals surface area contributed by atoms with E-state index in [2.05, 4.69) is 22.9 Å². The minimum absolute atomic E-state index is 0.0454. The molecule has 2 amide bonds. The molecular formula is C17H25N3O2. The van der Waals surface area contributed by atoms with Crippen LogP contribution in [0.25, 0.3) is 0 Å². The molecule has 0 saturated carbocycles. The van der Waals surface area contributed by atoms with Crippen LogP contribution in [-0.2, 0) is 9.59 Å². The van der Waals surface area contributed by atoms with Crippen LogP contribution in [0, 0.1) is 5.92 Å². The van der Waals surface area contributed by atoms with Gasteiger partial charge in [0.25, 0.3) is 0 Å². The molecule has 1 fully saturated rings. The molecule has 0 aromatic heterocycles. The summed E-state index contributed by atoms with van der Waals surface area (Å²) in [6, 6.07) is 7.36. The topological polar surface area (TPSA) is 70.2 Å². The van der Waals surface area contributed by atoms with Crippen LogP contribution >= 0.6 is 0 Å². The molecule has 1 aromatic rings. The number of piperidine rings is 1. The van der Waals surface area contributed by atoms with Gasteiger partial charge >= 0.3 is 0 Å². The van der Waals surface area contributed by atoms with Crippen molar-refractivity contribution in [1.82, 2.24) is 10.6 Å². The van der Waals surface area contributed by atoms with Crippen molar-refractivity contribution >= 4 is 17.5 Å². The fourth-order valence-corrected chi connectivity index (χ4v) is 2.79. The first-order valence-electron chi connectivity index (χ1n) is 7.87. The first kappa shape index (κ1) is 16.5. The largest absolute Gasteiger partial charge is 0.348 e. The van der Waals surface area contributed by atoms with Crippen molar-refractivity contribution in [3.8, 4) is 0 Å². The predicted molar refractivity (Wildman–Crippen MR) is 87.5 cm³/mol. The second kappa shape index (κ2) is 7.40. The number of amides is 2. The SMILES string of the molecule is CC(=O)Nc1cccc(C(C)NC(=O)C2CC(C)CCN2)c1. The average molecular weight is 303 g/mol. The van der Waals surface area contributed by atoms with Gasteiger partial charge in [0.1, 0.15) is 0 Å². The quantitative estimate of drug-likeness (QED) is 0.798. The van der Waals surface area contributed by atoms with Gasteiger partial charge in [-0.1, -0.05) is 19.1 Å². The van der Waals surface area contributed by atoms with E-state index in [1.54, 1.807) is 0 Å². The average Bonchev–Trinajstić information content (AvgIpc) is 2.46. The molecule has 3 unspecified atom stereocenters. The minimum atomic E-state index is -0.107. The van der Waals surface area contributed by atoms with Gasteiger partial charge in [-0.05, 0) is 49.9 Å². The van der Waals surface area contributed by atoms with Crippen LogP contribution in [0.2, 0.25) is 0 Å². The smallest absolute Gasteiger partial charge is 0.237 e. The fourth-order valence-electron chi connectivity index (χ4n) is 2.79. The summed E-state index contributed by atoms with van der Waals surface area (Å²) in [5.41, 5.74) is 1.72. The van der Waals surface area contributed by atoms with Crippen LogP contribution in [0.15, 0.2) is 24.3 Å². The molecule has 1 aliphatic rings. The lowest BCUT2D eigenvalue weighted by Crippen LogP contribution is -2.48. The summed E-state index contributed by atoms with van der Waals surface area (Å²) in [4.78, 5) is 23.5. The summed E-state index contributed by atoms with van der Waals surface area (Å²) in [5.74, 6) is 0.522. The van der Waals surface area contributed by atoms with Crippen LogP contribution in [0.5, 0.6) is 0 Å². The predicted octanol–water partition coefficient (Wildman–Crippen LogP) is 2.21. The highest BCUT2D eigenvalue weighted by Gasteiger charge is 2.25. The molecule has 0 bridgehead atoms. The Kier molecular flexibility index (Phi) is 5.55. The van der Waals surface area contributed by atoms with Crippen molar-refractivity contribution in [2.75, 3.05) is 11.9 Å². The number of nitrogens with one attached hydrogen (secondary N) is 3. The normalized spacial score (nSPS) is 22.7. The van der Waals surface area contributed by atoms with Gasteiger partial charge in [0.15, 0.2) is 0 Å². The van der Waals surface area contributed by atoms with E-state index in [1.807, 2.05) is 31.2 Å². The van der Waals surface area contributed by atoms with E-state index in [4.69, 9.17) is 0 Å². The van der Waals surface area contributed by atoms with Gasteiger partial charge in [0, 0.05) is 12.6 Å². The van der Waals surface area contributed by atoms with Crippen molar-refractivity contribution < 1.29 is 9.59 Å². The van der Waals surface area contributed by atoms with Crippen LogP contribution < -0.4 is 16.0 Å². The van der Waals surface area contributed by atoms with Crippen LogP contribution in [0.4, 0.5) is 5.69 Å². The van der Waals surface area contributed by atoms with E-state index >= 15 is 0 Å². The Balaban J connectivity index is 1.97. The molecule has 3 N–H and O–H groups in total. The van der Waals surface area contributed by atoms with Gasteiger partial charge in [0.05, 0.1) is 12.1 Å². The number of carbonyl (C=O) groups is 2. The maximum atomic E-state index is 12.3. The van der Waals surface area contributed by atoms with E-state index < -0.39 is 0 Å². The Bertz CT molecular complexity index is 544. The Labute approximate surface area is 131 Å². The third-order valence-corrected chi connectivity index (χ3v) is 4.05. The van der Waals surface area contributed by atoms with Gasteiger partial charge in [-0.25, -0.2) is 0 Å². The molecule has 1 aliphatic heterocycles. The van der Waals surface area contributed by atoms with E-state index in [0.29, 0.717) is 5.92 Å². The lowest BCUT2D eigenvalue weighted by atomic mass is 9.93. The first-order valence-corrected chi connectivity index (χ1v) is 7.87. The highest BCUT2D eigenvalue weighted by molar-refractivity contribution is 5.88. The number of hydrogen-bond donors (Lipinski definition) is 3. The van der Waals surface area contributed by atoms with Crippen LogP contribution in [0.1, 0.15) is 45.2 Å². The zero-order valence-electron chi connectivity index (χ0n) is 13.5. The Morgan fingerprint density at radius 3 is 2.82 bits per heavy atom. The standard InChI is InChI=1S/C17H25N3O2/c1-11-7-8-18-16(9-11)17(22)19-12(2)14-5-4-6-15(10-14)20-13(3)21/h4-6,10-12,16,18H,7-9H2,1-3H3,(H,19,22)(H,20,21). The molecule has 0 aliphatic carbocycles. The number of hydrogen-bond acceptors (Lipinski definition) is 3. The molecule has 5 heteroatoms. The summed E-state index contributed by atoms with van der Waals surface area (Å²) in [6.45, 7) is 6.51. The highest BCUT2D eigenvalue weighted by atomic mass is 16.2. The van der Waals surface area contributed by atoms with E-state index in [0.717, 1.165) is 30.6 Å². The second-order valence-corrected chi connectivity index (χ2v) is 6.17. The number of benzene rings is 1. The molecule has 5 nitrogen and oxygen atoms in total. The van der Waals surface area contributed by atoms with Crippen LogP contribution in [0.3, 0.4) is 0 Å². The van der Waals surface area contributed by atoms with E-state index in [-0.39, 0.29) is 23.9 Å². The van der Waals surface area contributed by atoms with Crippen LogP contribution in [-0.4, -0.2) is 24.4 Å². The van der Waals surface area contributed by atoms with E-state index in [1.165, 1.54) is 6.92 Å². The van der Waals surface area contributed by atoms with Gasteiger partial charge in [-0.2, -0.15) is 0 Å². The van der Waals surface area contributed by atoms with Crippen molar-refractivity contribution in [1.29, 1.82) is 0 Å². The van der Waals surface area contributed by atoms with Gasteiger partial charge in [-0.3, -0.25) is 9.59 Å². The van der Waals surface area contributed by atoms with Crippen molar-refractivity contribution in [3.05, 3.63) is 29.8 Å². The molecule has 120 valence electrons. The summed E-state index contributed by atoms with van der Waals surface area (Å²) in [7, 11) is 0. The molecular weight excluding hydrogens is 278 g/mol. The number of carbonyl (C=O) groups excluding carboxylic acids is 2. The zero-order valence-corrected chi connectivity index (χ0v) is 13.5. The lowest BCUT2D eigenvalue weighted by molar-refractivity contribution is -0.124. The highest BCUT2D eigenvalue weighted by Crippen LogP contribution is 2.19. The Morgan fingerprint density at radius 2 is 2.14 bits per heavy atom. The van der Waals surface area contributed by atoms with E-state index in [9.17, 15) is 9.59 Å². The minimum Gasteiger partial charge on any atom is -0.348 e. The maximum Gasteiger partial charge on any atom is 0.237 e. The molecule has 1 saturated heterocycles. The molecule has 0 spiro atoms. The number of rotatable bonds is 4. The Hall–Kier alpha value is -1.88. The van der Waals surface area contributed by atoms with Crippen molar-refractivity contribution in [2.45, 2.75) is 45.7 Å². The molecule has 1 heterocycles. The van der Waals surface area contributed by atoms with Gasteiger partial charge in [0.2, 0.25) is 11.8 Å². The van der Waals surface area contributed by atoms with Crippen molar-refractivity contribution in [3.63, 3.8) is 0 Å². The zero-order chi connectivity index (χ0) is 16.1. The lowest BCUT2D eigenvalue weighted by Gasteiger charge is -2.28. The van der Waals surface area contributed by atoms with Crippen molar-refractivity contribution in [2.24, 2.45) is 5.92 Å². The first-order chi connectivity index (χ1) is 10.5. The fraction of sp³-hybridized carbons (Fsp3) is 0.529. The third-order valence-electron chi connectivity index (χ3n) is 4.05. The second-order valence-electron chi connectivity index (χ2n) is 6.17. The number of anilines is 1. The summed E-state index contributed by atoms with van der Waals surface area (Å²) >= 11 is 0. The molecule has 3 atom stereocenters. The molecule has 22 heavy (non-hydrogen) atoms. The third kappa shape index (κ3) is 4.56.